The summed E-state index contributed by atoms with van der Waals surface area (Å²) in [6.45, 7) is 0.270. The molecule has 0 unspecified atom stereocenters. The Balaban J connectivity index is 1.58. The second-order valence-electron chi connectivity index (χ2n) is 7.23. The summed E-state index contributed by atoms with van der Waals surface area (Å²) < 4.78 is 7.24. The first-order valence-electron chi connectivity index (χ1n) is 10.4. The van der Waals surface area contributed by atoms with Gasteiger partial charge in [-0.2, -0.15) is 0 Å². The zero-order chi connectivity index (χ0) is 23.0. The van der Waals surface area contributed by atoms with E-state index in [1.165, 1.54) is 4.57 Å². The maximum absolute atomic E-state index is 13.1. The van der Waals surface area contributed by atoms with Crippen molar-refractivity contribution in [3.8, 4) is 11.6 Å². The molecule has 0 saturated heterocycles. The van der Waals surface area contributed by atoms with E-state index in [0.717, 1.165) is 5.56 Å². The summed E-state index contributed by atoms with van der Waals surface area (Å²) in [6, 6.07) is 19.9. The minimum absolute atomic E-state index is 0.0226. The van der Waals surface area contributed by atoms with Crippen LogP contribution >= 0.6 is 11.6 Å². The van der Waals surface area contributed by atoms with Crippen LogP contribution in [-0.4, -0.2) is 31.5 Å². The van der Waals surface area contributed by atoms with E-state index in [9.17, 15) is 4.79 Å². The predicted molar refractivity (Wildman–Crippen MR) is 126 cm³/mol. The van der Waals surface area contributed by atoms with Crippen LogP contribution in [0.1, 0.15) is 17.7 Å². The van der Waals surface area contributed by atoms with E-state index in [0.29, 0.717) is 53.4 Å². The molecule has 2 aromatic heterocycles. The lowest BCUT2D eigenvalue weighted by molar-refractivity contribution is 0.287. The number of anilines is 2. The van der Waals surface area contributed by atoms with Crippen LogP contribution < -0.4 is 15.6 Å². The van der Waals surface area contributed by atoms with Crippen LogP contribution in [0.4, 0.5) is 11.6 Å². The van der Waals surface area contributed by atoms with Crippen molar-refractivity contribution in [3.05, 3.63) is 99.6 Å². The van der Waals surface area contributed by atoms with Crippen molar-refractivity contribution in [2.75, 3.05) is 11.9 Å². The SMILES string of the molecule is O=c1c(CCCO)nnc(Nc2ccc(Oc3ccccn3)cc2)n1Cc1ccc(Cl)cc1. The highest BCUT2D eigenvalue weighted by atomic mass is 35.5. The standard InChI is InChI=1S/C24H22ClN5O3/c25-18-8-6-17(7-9-18)16-30-23(32)21(4-3-15-31)28-29-24(30)27-19-10-12-20(13-11-19)33-22-5-1-2-14-26-22/h1-2,5-14,31H,3-4,15-16H2,(H,27,29). The van der Waals surface area contributed by atoms with Crippen molar-refractivity contribution in [2.45, 2.75) is 19.4 Å². The molecule has 0 bridgehead atoms. The number of nitrogens with one attached hydrogen (secondary N) is 1. The van der Waals surface area contributed by atoms with Gasteiger partial charge < -0.3 is 15.2 Å². The number of benzene rings is 2. The Kier molecular flexibility index (Phi) is 7.29. The molecule has 168 valence electrons. The van der Waals surface area contributed by atoms with Crippen LogP contribution in [0.15, 0.2) is 77.7 Å². The first-order chi connectivity index (χ1) is 16.1. The molecule has 4 aromatic rings. The molecule has 8 nitrogen and oxygen atoms in total. The molecular formula is C24H22ClN5O3. The number of hydrogen-bond acceptors (Lipinski definition) is 7. The molecule has 0 aliphatic heterocycles. The third kappa shape index (κ3) is 5.94. The van der Waals surface area contributed by atoms with E-state index >= 15 is 0 Å². The Morgan fingerprint density at radius 3 is 2.48 bits per heavy atom. The smallest absolute Gasteiger partial charge is 0.277 e. The van der Waals surface area contributed by atoms with Crippen LogP contribution in [0.3, 0.4) is 0 Å². The largest absolute Gasteiger partial charge is 0.439 e. The van der Waals surface area contributed by atoms with Gasteiger partial charge in [-0.3, -0.25) is 9.36 Å². The number of nitrogens with zero attached hydrogens (tertiary/aromatic N) is 4. The Bertz CT molecular complexity index is 1250. The van der Waals surface area contributed by atoms with E-state index < -0.39 is 0 Å². The number of aliphatic hydroxyl groups is 1. The Morgan fingerprint density at radius 2 is 1.79 bits per heavy atom. The summed E-state index contributed by atoms with van der Waals surface area (Å²) in [5, 5.41) is 21.2. The number of aromatic nitrogens is 4. The molecule has 0 atom stereocenters. The van der Waals surface area contributed by atoms with Gasteiger partial charge in [-0.05, 0) is 60.9 Å². The van der Waals surface area contributed by atoms with E-state index in [4.69, 9.17) is 21.4 Å². The number of ether oxygens (including phenoxy) is 1. The molecule has 0 saturated carbocycles. The van der Waals surface area contributed by atoms with Gasteiger partial charge in [-0.1, -0.05) is 29.8 Å². The van der Waals surface area contributed by atoms with Crippen LogP contribution in [0.25, 0.3) is 0 Å². The second-order valence-corrected chi connectivity index (χ2v) is 7.67. The number of aryl methyl sites for hydroxylation is 1. The Labute approximate surface area is 195 Å². The lowest BCUT2D eigenvalue weighted by atomic mass is 10.2. The van der Waals surface area contributed by atoms with Crippen molar-refractivity contribution in [1.82, 2.24) is 19.7 Å². The van der Waals surface area contributed by atoms with Gasteiger partial charge in [0.1, 0.15) is 11.4 Å². The number of halogens is 1. The molecule has 0 aliphatic rings. The molecule has 2 heterocycles. The maximum atomic E-state index is 13.1. The Hall–Kier alpha value is -3.75. The molecular weight excluding hydrogens is 442 g/mol. The molecule has 33 heavy (non-hydrogen) atoms. The lowest BCUT2D eigenvalue weighted by Crippen LogP contribution is -2.29. The third-order valence-electron chi connectivity index (χ3n) is 4.81. The summed E-state index contributed by atoms with van der Waals surface area (Å²) in [5.74, 6) is 1.43. The molecule has 0 fully saturated rings. The van der Waals surface area contributed by atoms with Crippen LogP contribution in [0.2, 0.25) is 5.02 Å². The van der Waals surface area contributed by atoms with E-state index in [-0.39, 0.29) is 12.2 Å². The van der Waals surface area contributed by atoms with E-state index in [1.54, 1.807) is 36.5 Å². The van der Waals surface area contributed by atoms with Gasteiger partial charge in [0.15, 0.2) is 0 Å². The fraction of sp³-hybridized carbons (Fsp3) is 0.167. The molecule has 0 spiro atoms. The predicted octanol–water partition coefficient (Wildman–Crippen LogP) is 4.20. The second kappa shape index (κ2) is 10.7. The minimum Gasteiger partial charge on any atom is -0.439 e. The maximum Gasteiger partial charge on any atom is 0.277 e. The third-order valence-corrected chi connectivity index (χ3v) is 5.06. The first kappa shape index (κ1) is 22.4. The zero-order valence-electron chi connectivity index (χ0n) is 17.7. The van der Waals surface area contributed by atoms with Gasteiger partial charge in [0.05, 0.1) is 6.54 Å². The molecule has 9 heteroatoms. The van der Waals surface area contributed by atoms with Crippen LogP contribution in [0, 0.1) is 0 Å². The number of rotatable bonds is 9. The van der Waals surface area contributed by atoms with Gasteiger partial charge in [0.2, 0.25) is 11.8 Å². The fourth-order valence-corrected chi connectivity index (χ4v) is 3.26. The molecule has 2 N–H and O–H groups in total. The number of pyridine rings is 1. The summed E-state index contributed by atoms with van der Waals surface area (Å²) in [5.41, 5.74) is 1.66. The monoisotopic (exact) mass is 463 g/mol. The fourth-order valence-electron chi connectivity index (χ4n) is 3.14. The van der Waals surface area contributed by atoms with Crippen LogP contribution in [0.5, 0.6) is 11.6 Å². The van der Waals surface area contributed by atoms with E-state index in [1.807, 2.05) is 36.4 Å². The molecule has 0 radical (unpaired) electrons. The number of aliphatic hydroxyl groups excluding tert-OH is 1. The first-order valence-corrected chi connectivity index (χ1v) is 10.8. The average Bonchev–Trinajstić information content (AvgIpc) is 2.84. The number of hydrogen-bond donors (Lipinski definition) is 2. The summed E-state index contributed by atoms with van der Waals surface area (Å²) in [4.78, 5) is 17.2. The lowest BCUT2D eigenvalue weighted by Gasteiger charge is -2.14. The van der Waals surface area contributed by atoms with Gasteiger partial charge in [-0.25, -0.2) is 4.98 Å². The summed E-state index contributed by atoms with van der Waals surface area (Å²) in [7, 11) is 0. The minimum atomic E-state index is -0.258. The Morgan fingerprint density at radius 1 is 1.00 bits per heavy atom. The van der Waals surface area contributed by atoms with Gasteiger partial charge in [0, 0.05) is 29.6 Å². The summed E-state index contributed by atoms with van der Waals surface area (Å²) >= 11 is 5.99. The molecule has 4 rings (SSSR count). The van der Waals surface area contributed by atoms with Crippen molar-refractivity contribution in [1.29, 1.82) is 0 Å². The average molecular weight is 464 g/mol. The van der Waals surface area contributed by atoms with Crippen molar-refractivity contribution in [3.63, 3.8) is 0 Å². The topological polar surface area (TPSA) is 102 Å². The van der Waals surface area contributed by atoms with Gasteiger partial charge in [0.25, 0.3) is 5.56 Å². The molecule has 0 aliphatic carbocycles. The van der Waals surface area contributed by atoms with Crippen molar-refractivity contribution < 1.29 is 9.84 Å². The van der Waals surface area contributed by atoms with Crippen LogP contribution in [-0.2, 0) is 13.0 Å². The van der Waals surface area contributed by atoms with Gasteiger partial charge >= 0.3 is 0 Å². The van der Waals surface area contributed by atoms with Gasteiger partial charge in [-0.15, -0.1) is 10.2 Å². The van der Waals surface area contributed by atoms with E-state index in [2.05, 4.69) is 20.5 Å². The molecule has 0 amide bonds. The zero-order valence-corrected chi connectivity index (χ0v) is 18.4. The quantitative estimate of drug-likeness (QED) is 0.383. The van der Waals surface area contributed by atoms with Crippen molar-refractivity contribution >= 4 is 23.2 Å². The highest BCUT2D eigenvalue weighted by molar-refractivity contribution is 6.30. The highest BCUT2D eigenvalue weighted by Gasteiger charge is 2.13. The normalized spacial score (nSPS) is 10.7. The summed E-state index contributed by atoms with van der Waals surface area (Å²) in [6.07, 6.45) is 2.45. The molecule has 2 aromatic carbocycles. The van der Waals surface area contributed by atoms with Crippen molar-refractivity contribution in [2.24, 2.45) is 0 Å². The highest BCUT2D eigenvalue weighted by Crippen LogP contribution is 2.23.